The molecule has 0 aliphatic heterocycles. The highest BCUT2D eigenvalue weighted by atomic mass is 79.9. The van der Waals surface area contributed by atoms with Crippen LogP contribution in [0, 0.1) is 0 Å². The third kappa shape index (κ3) is 6.98. The van der Waals surface area contributed by atoms with E-state index in [9.17, 15) is 13.2 Å². The maximum atomic E-state index is 11.9. The molecule has 0 saturated heterocycles. The van der Waals surface area contributed by atoms with Crippen molar-refractivity contribution in [2.75, 3.05) is 13.1 Å². The van der Waals surface area contributed by atoms with E-state index in [1.54, 1.807) is 6.92 Å². The van der Waals surface area contributed by atoms with Crippen LogP contribution in [0.5, 0.6) is 0 Å². The largest absolute Gasteiger partial charge is 0.401 e. The Morgan fingerprint density at radius 3 is 2.44 bits per heavy atom. The monoisotopic (exact) mass is 325 g/mol. The van der Waals surface area contributed by atoms with Crippen LogP contribution in [-0.2, 0) is 11.3 Å². The van der Waals surface area contributed by atoms with Gasteiger partial charge in [-0.3, -0.25) is 0 Å². The minimum Gasteiger partial charge on any atom is -0.373 e. The number of nitrogens with one attached hydrogen (secondary N) is 1. The van der Waals surface area contributed by atoms with Gasteiger partial charge in [-0.25, -0.2) is 0 Å². The summed E-state index contributed by atoms with van der Waals surface area (Å²) in [4.78, 5) is 0. The van der Waals surface area contributed by atoms with Crippen LogP contribution in [0.1, 0.15) is 12.5 Å². The second-order valence-corrected chi connectivity index (χ2v) is 4.91. The van der Waals surface area contributed by atoms with Gasteiger partial charge in [0.15, 0.2) is 0 Å². The highest BCUT2D eigenvalue weighted by Gasteiger charge is 2.26. The van der Waals surface area contributed by atoms with E-state index in [2.05, 4.69) is 21.2 Å². The summed E-state index contributed by atoms with van der Waals surface area (Å²) >= 11 is 3.32. The van der Waals surface area contributed by atoms with Crippen molar-refractivity contribution >= 4 is 15.9 Å². The van der Waals surface area contributed by atoms with Crippen molar-refractivity contribution in [3.05, 3.63) is 34.3 Å². The summed E-state index contributed by atoms with van der Waals surface area (Å²) in [5.74, 6) is 0. The van der Waals surface area contributed by atoms with Crippen LogP contribution >= 0.6 is 15.9 Å². The number of alkyl halides is 3. The summed E-state index contributed by atoms with van der Waals surface area (Å²) in [7, 11) is 0. The Hall–Kier alpha value is -0.590. The van der Waals surface area contributed by atoms with E-state index >= 15 is 0 Å². The van der Waals surface area contributed by atoms with Gasteiger partial charge in [0.05, 0.1) is 19.3 Å². The number of benzene rings is 1. The molecule has 0 radical (unpaired) electrons. The molecule has 0 fully saturated rings. The molecule has 102 valence electrons. The Balaban J connectivity index is 2.21. The van der Waals surface area contributed by atoms with Crippen LogP contribution in [-0.4, -0.2) is 25.4 Å². The predicted molar refractivity (Wildman–Crippen MR) is 67.3 cm³/mol. The standard InChI is InChI=1S/C12H15BrF3NO/c1-9(6-17-8-12(14,15)16)18-7-10-2-4-11(13)5-3-10/h2-5,9,17H,6-8H2,1H3. The molecule has 0 bridgehead atoms. The molecular formula is C12H15BrF3NO. The molecule has 1 N–H and O–H groups in total. The van der Waals surface area contributed by atoms with Crippen molar-refractivity contribution in [3.63, 3.8) is 0 Å². The van der Waals surface area contributed by atoms with Crippen LogP contribution in [0.2, 0.25) is 0 Å². The van der Waals surface area contributed by atoms with E-state index < -0.39 is 12.7 Å². The Morgan fingerprint density at radius 2 is 1.89 bits per heavy atom. The third-order valence-corrected chi connectivity index (χ3v) is 2.73. The Labute approximate surface area is 113 Å². The maximum absolute atomic E-state index is 11.9. The highest BCUT2D eigenvalue weighted by Crippen LogP contribution is 2.13. The molecule has 0 saturated carbocycles. The summed E-state index contributed by atoms with van der Waals surface area (Å²) < 4.78 is 42.1. The van der Waals surface area contributed by atoms with Crippen molar-refractivity contribution in [3.8, 4) is 0 Å². The zero-order chi connectivity index (χ0) is 13.6. The molecule has 6 heteroatoms. The number of rotatable bonds is 6. The molecule has 0 amide bonds. The van der Waals surface area contributed by atoms with Crippen LogP contribution in [0.4, 0.5) is 13.2 Å². The number of hydrogen-bond acceptors (Lipinski definition) is 2. The lowest BCUT2D eigenvalue weighted by Gasteiger charge is -2.15. The van der Waals surface area contributed by atoms with Crippen molar-refractivity contribution in [2.24, 2.45) is 0 Å². The fraction of sp³-hybridized carbons (Fsp3) is 0.500. The van der Waals surface area contributed by atoms with Crippen molar-refractivity contribution in [1.29, 1.82) is 0 Å². The molecule has 1 atom stereocenters. The average molecular weight is 326 g/mol. The lowest BCUT2D eigenvalue weighted by Crippen LogP contribution is -2.34. The molecule has 1 rings (SSSR count). The fourth-order valence-electron chi connectivity index (χ4n) is 1.30. The van der Waals surface area contributed by atoms with E-state index in [1.807, 2.05) is 24.3 Å². The van der Waals surface area contributed by atoms with Crippen LogP contribution in [0.3, 0.4) is 0 Å². The first-order chi connectivity index (χ1) is 8.37. The molecule has 1 aromatic rings. The molecule has 0 aromatic heterocycles. The normalized spacial score (nSPS) is 13.6. The summed E-state index contributed by atoms with van der Waals surface area (Å²) in [6.45, 7) is 1.32. The number of hydrogen-bond donors (Lipinski definition) is 1. The Bertz CT molecular complexity index is 353. The van der Waals surface area contributed by atoms with Gasteiger partial charge in [0.25, 0.3) is 0 Å². The van der Waals surface area contributed by atoms with Gasteiger partial charge in [-0.15, -0.1) is 0 Å². The summed E-state index contributed by atoms with van der Waals surface area (Å²) in [6.07, 6.45) is -4.44. The SMILES string of the molecule is CC(CNCC(F)(F)F)OCc1ccc(Br)cc1. The van der Waals surface area contributed by atoms with Gasteiger partial charge in [0, 0.05) is 11.0 Å². The molecule has 1 aromatic carbocycles. The number of halogens is 4. The number of ether oxygens (including phenoxy) is 1. The van der Waals surface area contributed by atoms with Crippen molar-refractivity contribution < 1.29 is 17.9 Å². The van der Waals surface area contributed by atoms with E-state index in [4.69, 9.17) is 4.74 Å². The quantitative estimate of drug-likeness (QED) is 0.864. The third-order valence-electron chi connectivity index (χ3n) is 2.21. The fourth-order valence-corrected chi connectivity index (χ4v) is 1.56. The molecular weight excluding hydrogens is 311 g/mol. The Morgan fingerprint density at radius 1 is 1.28 bits per heavy atom. The van der Waals surface area contributed by atoms with Gasteiger partial charge in [0.2, 0.25) is 0 Å². The highest BCUT2D eigenvalue weighted by molar-refractivity contribution is 9.10. The molecule has 1 unspecified atom stereocenters. The van der Waals surface area contributed by atoms with Gasteiger partial charge >= 0.3 is 6.18 Å². The minimum absolute atomic E-state index is 0.177. The summed E-state index contributed by atoms with van der Waals surface area (Å²) in [6, 6.07) is 7.59. The molecule has 2 nitrogen and oxygen atoms in total. The molecule has 18 heavy (non-hydrogen) atoms. The van der Waals surface area contributed by atoms with Gasteiger partial charge in [-0.2, -0.15) is 13.2 Å². The molecule has 0 heterocycles. The average Bonchev–Trinajstić information content (AvgIpc) is 2.26. The molecule has 0 aliphatic carbocycles. The molecule has 0 spiro atoms. The lowest BCUT2D eigenvalue weighted by atomic mass is 10.2. The van der Waals surface area contributed by atoms with Gasteiger partial charge in [0.1, 0.15) is 0 Å². The van der Waals surface area contributed by atoms with Crippen LogP contribution in [0.25, 0.3) is 0 Å². The zero-order valence-corrected chi connectivity index (χ0v) is 11.5. The lowest BCUT2D eigenvalue weighted by molar-refractivity contribution is -0.125. The van der Waals surface area contributed by atoms with E-state index in [0.717, 1.165) is 10.0 Å². The van der Waals surface area contributed by atoms with Gasteiger partial charge < -0.3 is 10.1 Å². The Kier molecular flexibility index (Phi) is 6.11. The zero-order valence-electron chi connectivity index (χ0n) is 9.93. The first-order valence-corrected chi connectivity index (χ1v) is 6.29. The second kappa shape index (κ2) is 7.11. The first kappa shape index (κ1) is 15.5. The molecule has 0 aliphatic rings. The van der Waals surface area contributed by atoms with E-state index in [1.165, 1.54) is 0 Å². The van der Waals surface area contributed by atoms with Crippen molar-refractivity contribution in [1.82, 2.24) is 5.32 Å². The van der Waals surface area contributed by atoms with E-state index in [-0.39, 0.29) is 12.6 Å². The smallest absolute Gasteiger partial charge is 0.373 e. The maximum Gasteiger partial charge on any atom is 0.401 e. The van der Waals surface area contributed by atoms with Crippen molar-refractivity contribution in [2.45, 2.75) is 25.8 Å². The van der Waals surface area contributed by atoms with E-state index in [0.29, 0.717) is 6.61 Å². The second-order valence-electron chi connectivity index (χ2n) is 3.99. The van der Waals surface area contributed by atoms with Gasteiger partial charge in [-0.05, 0) is 24.6 Å². The van der Waals surface area contributed by atoms with Gasteiger partial charge in [-0.1, -0.05) is 28.1 Å². The minimum atomic E-state index is -4.18. The first-order valence-electron chi connectivity index (χ1n) is 5.50. The summed E-state index contributed by atoms with van der Waals surface area (Å²) in [5, 5.41) is 2.31. The van der Waals surface area contributed by atoms with Crippen LogP contribution in [0.15, 0.2) is 28.7 Å². The van der Waals surface area contributed by atoms with Crippen LogP contribution < -0.4 is 5.32 Å². The predicted octanol–water partition coefficient (Wildman–Crippen LogP) is 3.51. The topological polar surface area (TPSA) is 21.3 Å². The summed E-state index contributed by atoms with van der Waals surface area (Å²) in [5.41, 5.74) is 0.987.